The van der Waals surface area contributed by atoms with E-state index in [9.17, 15) is 4.79 Å². The van der Waals surface area contributed by atoms with E-state index in [0.29, 0.717) is 11.3 Å². The van der Waals surface area contributed by atoms with Gasteiger partial charge in [-0.15, -0.1) is 0 Å². The molecule has 4 heteroatoms. The average Bonchev–Trinajstić information content (AvgIpc) is 2.63. The first-order valence-corrected chi connectivity index (χ1v) is 7.24. The van der Waals surface area contributed by atoms with E-state index in [2.05, 4.69) is 15.5 Å². The summed E-state index contributed by atoms with van der Waals surface area (Å²) in [6, 6.07) is 24.5. The van der Waals surface area contributed by atoms with Crippen molar-refractivity contribution in [3.05, 3.63) is 90.1 Å². The predicted octanol–water partition coefficient (Wildman–Crippen LogP) is 3.51. The van der Waals surface area contributed by atoms with Gasteiger partial charge in [-0.25, -0.2) is 10.4 Å². The lowest BCUT2D eigenvalue weighted by molar-refractivity contribution is 0.0955. The van der Waals surface area contributed by atoms with Crippen LogP contribution in [0.1, 0.15) is 16.1 Å². The van der Waals surface area contributed by atoms with Crippen LogP contribution in [0.4, 0.5) is 0 Å². The minimum atomic E-state index is -0.249. The molecule has 3 aromatic rings. The van der Waals surface area contributed by atoms with Crippen LogP contribution in [0.15, 0.2) is 84.0 Å². The minimum Gasteiger partial charge on any atom is -0.267 e. The van der Waals surface area contributed by atoms with E-state index in [1.807, 2.05) is 66.7 Å². The SMILES string of the molecule is O=C(N/N=C/c1cccc(-c2ccccc2)n1)c1ccccc1. The molecule has 0 radical (unpaired) electrons. The number of carbonyl (C=O) groups is 1. The Morgan fingerprint density at radius 2 is 1.57 bits per heavy atom. The Morgan fingerprint density at radius 3 is 2.30 bits per heavy atom. The van der Waals surface area contributed by atoms with E-state index in [-0.39, 0.29) is 5.91 Å². The molecule has 3 rings (SSSR count). The summed E-state index contributed by atoms with van der Waals surface area (Å²) in [6.07, 6.45) is 1.54. The Morgan fingerprint density at radius 1 is 0.870 bits per heavy atom. The van der Waals surface area contributed by atoms with Gasteiger partial charge >= 0.3 is 0 Å². The quantitative estimate of drug-likeness (QED) is 0.592. The Bertz CT molecular complexity index is 814. The third-order valence-corrected chi connectivity index (χ3v) is 3.24. The molecule has 112 valence electrons. The fourth-order valence-corrected chi connectivity index (χ4v) is 2.10. The van der Waals surface area contributed by atoms with E-state index >= 15 is 0 Å². The van der Waals surface area contributed by atoms with E-state index in [1.165, 1.54) is 6.21 Å². The fraction of sp³-hybridized carbons (Fsp3) is 0. The van der Waals surface area contributed by atoms with Crippen molar-refractivity contribution in [3.63, 3.8) is 0 Å². The van der Waals surface area contributed by atoms with Crippen molar-refractivity contribution in [2.75, 3.05) is 0 Å². The number of rotatable bonds is 4. The van der Waals surface area contributed by atoms with Crippen LogP contribution in [0, 0.1) is 0 Å². The minimum absolute atomic E-state index is 0.249. The van der Waals surface area contributed by atoms with Crippen LogP contribution >= 0.6 is 0 Å². The van der Waals surface area contributed by atoms with Crippen LogP contribution in [0.25, 0.3) is 11.3 Å². The molecule has 1 amide bonds. The second-order valence-electron chi connectivity index (χ2n) is 4.88. The highest BCUT2D eigenvalue weighted by molar-refractivity contribution is 5.94. The standard InChI is InChI=1S/C19H15N3O/c23-19(16-10-5-2-6-11-16)22-20-14-17-12-7-13-18(21-17)15-8-3-1-4-9-15/h1-14H,(H,22,23)/b20-14+. The first kappa shape index (κ1) is 14.7. The smallest absolute Gasteiger partial charge is 0.267 e. The number of nitrogens with one attached hydrogen (secondary N) is 1. The molecule has 0 aliphatic heterocycles. The number of hydrogen-bond donors (Lipinski definition) is 1. The van der Waals surface area contributed by atoms with Gasteiger partial charge in [0.05, 0.1) is 17.6 Å². The third-order valence-electron chi connectivity index (χ3n) is 3.24. The Hall–Kier alpha value is -3.27. The fourth-order valence-electron chi connectivity index (χ4n) is 2.10. The summed E-state index contributed by atoms with van der Waals surface area (Å²) < 4.78 is 0. The van der Waals surface area contributed by atoms with Gasteiger partial charge in [0.2, 0.25) is 0 Å². The van der Waals surface area contributed by atoms with Gasteiger partial charge in [0, 0.05) is 11.1 Å². The molecule has 23 heavy (non-hydrogen) atoms. The van der Waals surface area contributed by atoms with Crippen LogP contribution in [-0.2, 0) is 0 Å². The molecule has 4 nitrogen and oxygen atoms in total. The number of aromatic nitrogens is 1. The molecule has 0 saturated heterocycles. The molecule has 0 fully saturated rings. The molecule has 0 atom stereocenters. The summed E-state index contributed by atoms with van der Waals surface area (Å²) in [5.74, 6) is -0.249. The molecule has 1 heterocycles. The van der Waals surface area contributed by atoms with E-state index in [0.717, 1.165) is 11.3 Å². The lowest BCUT2D eigenvalue weighted by Gasteiger charge is -2.02. The monoisotopic (exact) mass is 301 g/mol. The molecular formula is C19H15N3O. The largest absolute Gasteiger partial charge is 0.271 e. The molecule has 1 aromatic heterocycles. The number of carbonyl (C=O) groups excluding carboxylic acids is 1. The number of amides is 1. The van der Waals surface area contributed by atoms with Gasteiger partial charge in [-0.1, -0.05) is 54.6 Å². The van der Waals surface area contributed by atoms with Gasteiger partial charge in [-0.2, -0.15) is 5.10 Å². The van der Waals surface area contributed by atoms with Crippen molar-refractivity contribution in [1.82, 2.24) is 10.4 Å². The summed E-state index contributed by atoms with van der Waals surface area (Å²) in [4.78, 5) is 16.4. The Labute approximate surface area is 134 Å². The highest BCUT2D eigenvalue weighted by atomic mass is 16.2. The van der Waals surface area contributed by atoms with Crippen molar-refractivity contribution in [1.29, 1.82) is 0 Å². The van der Waals surface area contributed by atoms with Crippen LogP contribution in [0.5, 0.6) is 0 Å². The summed E-state index contributed by atoms with van der Waals surface area (Å²) >= 11 is 0. The summed E-state index contributed by atoms with van der Waals surface area (Å²) in [7, 11) is 0. The molecule has 1 N–H and O–H groups in total. The zero-order chi connectivity index (χ0) is 15.9. The number of hydrogen-bond acceptors (Lipinski definition) is 3. The zero-order valence-electron chi connectivity index (χ0n) is 12.4. The summed E-state index contributed by atoms with van der Waals surface area (Å²) in [6.45, 7) is 0. The first-order chi connectivity index (χ1) is 11.3. The molecule has 0 spiro atoms. The summed E-state index contributed by atoms with van der Waals surface area (Å²) in [5.41, 5.74) is 5.65. The van der Waals surface area contributed by atoms with Gasteiger partial charge in [-0.05, 0) is 24.3 Å². The Balaban J connectivity index is 1.70. The first-order valence-electron chi connectivity index (χ1n) is 7.24. The second kappa shape index (κ2) is 7.13. The van der Waals surface area contributed by atoms with Crippen molar-refractivity contribution >= 4 is 12.1 Å². The molecular weight excluding hydrogens is 286 g/mol. The van der Waals surface area contributed by atoms with Crippen LogP contribution in [-0.4, -0.2) is 17.1 Å². The number of pyridine rings is 1. The average molecular weight is 301 g/mol. The number of benzene rings is 2. The van der Waals surface area contributed by atoms with E-state index in [4.69, 9.17) is 0 Å². The normalized spacial score (nSPS) is 10.6. The molecule has 0 unspecified atom stereocenters. The van der Waals surface area contributed by atoms with Crippen molar-refractivity contribution in [2.45, 2.75) is 0 Å². The van der Waals surface area contributed by atoms with Gasteiger partial charge < -0.3 is 0 Å². The topological polar surface area (TPSA) is 54.4 Å². The van der Waals surface area contributed by atoms with Gasteiger partial charge in [0.1, 0.15) is 0 Å². The summed E-state index contributed by atoms with van der Waals surface area (Å²) in [5, 5.41) is 3.97. The van der Waals surface area contributed by atoms with Gasteiger partial charge in [0.25, 0.3) is 5.91 Å². The van der Waals surface area contributed by atoms with Crippen LogP contribution in [0.2, 0.25) is 0 Å². The van der Waals surface area contributed by atoms with Gasteiger partial charge in [-0.3, -0.25) is 4.79 Å². The maximum absolute atomic E-state index is 11.9. The van der Waals surface area contributed by atoms with Crippen molar-refractivity contribution in [3.8, 4) is 11.3 Å². The van der Waals surface area contributed by atoms with Crippen LogP contribution in [0.3, 0.4) is 0 Å². The third kappa shape index (κ3) is 3.89. The number of nitrogens with zero attached hydrogens (tertiary/aromatic N) is 2. The van der Waals surface area contributed by atoms with E-state index < -0.39 is 0 Å². The van der Waals surface area contributed by atoms with Crippen molar-refractivity contribution < 1.29 is 4.79 Å². The number of hydrazone groups is 1. The molecule has 2 aromatic carbocycles. The van der Waals surface area contributed by atoms with Gasteiger partial charge in [0.15, 0.2) is 0 Å². The lowest BCUT2D eigenvalue weighted by atomic mass is 10.1. The Kier molecular flexibility index (Phi) is 4.55. The second-order valence-corrected chi connectivity index (χ2v) is 4.88. The maximum Gasteiger partial charge on any atom is 0.271 e. The zero-order valence-corrected chi connectivity index (χ0v) is 12.4. The lowest BCUT2D eigenvalue weighted by Crippen LogP contribution is -2.17. The highest BCUT2D eigenvalue weighted by Gasteiger charge is 2.02. The van der Waals surface area contributed by atoms with E-state index in [1.54, 1.807) is 12.1 Å². The van der Waals surface area contributed by atoms with Crippen LogP contribution < -0.4 is 5.43 Å². The predicted molar refractivity (Wildman–Crippen MR) is 91.2 cm³/mol. The molecule has 0 aliphatic rings. The molecule has 0 aliphatic carbocycles. The highest BCUT2D eigenvalue weighted by Crippen LogP contribution is 2.15. The van der Waals surface area contributed by atoms with Crippen molar-refractivity contribution in [2.24, 2.45) is 5.10 Å². The molecule has 0 bridgehead atoms. The molecule has 0 saturated carbocycles. The maximum atomic E-state index is 11.9.